The number of nitrogens with one attached hydrogen (secondary N) is 2. The highest BCUT2D eigenvalue weighted by atomic mass is 32.1. The molecule has 138 valence electrons. The first-order valence-electron chi connectivity index (χ1n) is 9.09. The Morgan fingerprint density at radius 1 is 1.35 bits per heavy atom. The molecule has 0 radical (unpaired) electrons. The number of thiophene rings is 1. The summed E-state index contributed by atoms with van der Waals surface area (Å²) in [6.45, 7) is 3.22. The molecule has 2 fully saturated rings. The van der Waals surface area contributed by atoms with E-state index in [-0.39, 0.29) is 11.9 Å². The second kappa shape index (κ2) is 7.84. The Balaban J connectivity index is 1.53. The van der Waals surface area contributed by atoms with Gasteiger partial charge in [0.05, 0.1) is 0 Å². The summed E-state index contributed by atoms with van der Waals surface area (Å²) in [5.41, 5.74) is 8.87. The molecule has 2 aliphatic heterocycles. The van der Waals surface area contributed by atoms with Crippen LogP contribution in [0.4, 0.5) is 0 Å². The third-order valence-electron chi connectivity index (χ3n) is 5.34. The zero-order chi connectivity index (χ0) is 17.9. The third kappa shape index (κ3) is 3.81. The number of hydrazine groups is 1. The first-order chi connectivity index (χ1) is 12.7. The van der Waals surface area contributed by atoms with Gasteiger partial charge in [-0.15, -0.1) is 0 Å². The molecule has 2 N–H and O–H groups in total. The van der Waals surface area contributed by atoms with Gasteiger partial charge in [0.15, 0.2) is 0 Å². The minimum absolute atomic E-state index is 0.162. The molecule has 0 aliphatic carbocycles. The zero-order valence-electron chi connectivity index (χ0n) is 15.0. The molecule has 2 saturated heterocycles. The number of carbonyl (C=O) groups excluding carboxylic acids is 1. The monoisotopic (exact) mass is 371 g/mol. The molecular weight excluding hydrogens is 346 g/mol. The topological polar surface area (TPSA) is 60.5 Å². The van der Waals surface area contributed by atoms with Crippen molar-refractivity contribution >= 4 is 17.2 Å². The van der Waals surface area contributed by atoms with Crippen molar-refractivity contribution in [2.24, 2.45) is 5.92 Å². The molecule has 3 unspecified atom stereocenters. The molecule has 2 aromatic heterocycles. The standard InChI is InChI=1S/C19H25N5OS/c1-23-7-4-17-16(12-23)18(22-21-17)19(25)24(11-15-5-8-26-13-15)10-14-3-2-6-20-9-14/h2-3,5-6,8-9,13,16-18,21-22H,4,7,10-12H2,1H3. The number of nitrogens with zero attached hydrogens (tertiary/aromatic N) is 3. The fourth-order valence-electron chi connectivity index (χ4n) is 3.94. The molecule has 0 saturated carbocycles. The maximum atomic E-state index is 13.4. The van der Waals surface area contributed by atoms with Gasteiger partial charge in [0.2, 0.25) is 5.91 Å². The molecule has 2 aliphatic rings. The van der Waals surface area contributed by atoms with Gasteiger partial charge >= 0.3 is 0 Å². The van der Waals surface area contributed by atoms with Crippen LogP contribution in [-0.4, -0.2) is 52.9 Å². The first kappa shape index (κ1) is 17.6. The number of hydrogen-bond donors (Lipinski definition) is 2. The Bertz CT molecular complexity index is 723. The van der Waals surface area contributed by atoms with Crippen LogP contribution in [0.2, 0.25) is 0 Å². The van der Waals surface area contributed by atoms with E-state index in [1.165, 1.54) is 5.56 Å². The van der Waals surface area contributed by atoms with Crippen molar-refractivity contribution < 1.29 is 4.79 Å². The molecule has 4 rings (SSSR count). The summed E-state index contributed by atoms with van der Waals surface area (Å²) in [6, 6.07) is 6.23. The van der Waals surface area contributed by atoms with Crippen LogP contribution in [0.3, 0.4) is 0 Å². The Hall–Kier alpha value is -1.80. The molecule has 1 amide bonds. The number of fused-ring (bicyclic) bond motifs is 1. The van der Waals surface area contributed by atoms with E-state index >= 15 is 0 Å². The van der Waals surface area contributed by atoms with Crippen LogP contribution >= 0.6 is 11.3 Å². The van der Waals surface area contributed by atoms with E-state index in [0.29, 0.717) is 25.0 Å². The van der Waals surface area contributed by atoms with Crippen LogP contribution in [0.5, 0.6) is 0 Å². The van der Waals surface area contributed by atoms with Crippen LogP contribution < -0.4 is 10.9 Å². The normalized spacial score (nSPS) is 25.8. The van der Waals surface area contributed by atoms with Gasteiger partial charge < -0.3 is 9.80 Å². The van der Waals surface area contributed by atoms with Crippen LogP contribution in [0.1, 0.15) is 17.5 Å². The number of rotatable bonds is 5. The van der Waals surface area contributed by atoms with Gasteiger partial charge in [-0.1, -0.05) is 6.07 Å². The molecule has 7 heteroatoms. The molecular formula is C19H25N5OS. The van der Waals surface area contributed by atoms with Crippen molar-refractivity contribution in [3.63, 3.8) is 0 Å². The highest BCUT2D eigenvalue weighted by molar-refractivity contribution is 7.07. The van der Waals surface area contributed by atoms with Gasteiger partial charge in [-0.2, -0.15) is 11.3 Å². The van der Waals surface area contributed by atoms with Gasteiger partial charge in [0.25, 0.3) is 0 Å². The second-order valence-corrected chi connectivity index (χ2v) is 8.05. The summed E-state index contributed by atoms with van der Waals surface area (Å²) in [4.78, 5) is 21.9. The Morgan fingerprint density at radius 2 is 2.23 bits per heavy atom. The summed E-state index contributed by atoms with van der Waals surface area (Å²) >= 11 is 1.67. The lowest BCUT2D eigenvalue weighted by molar-refractivity contribution is -0.135. The van der Waals surface area contributed by atoms with Gasteiger partial charge in [0, 0.05) is 44.0 Å². The quantitative estimate of drug-likeness (QED) is 0.834. The lowest BCUT2D eigenvalue weighted by Crippen LogP contribution is -2.50. The van der Waals surface area contributed by atoms with Crippen molar-refractivity contribution in [3.05, 3.63) is 52.5 Å². The highest BCUT2D eigenvalue weighted by Crippen LogP contribution is 2.25. The predicted molar refractivity (Wildman–Crippen MR) is 102 cm³/mol. The summed E-state index contributed by atoms with van der Waals surface area (Å²) in [6.07, 6.45) is 4.68. The molecule has 26 heavy (non-hydrogen) atoms. The van der Waals surface area contributed by atoms with E-state index in [4.69, 9.17) is 0 Å². The van der Waals surface area contributed by atoms with Crippen LogP contribution in [-0.2, 0) is 17.9 Å². The van der Waals surface area contributed by atoms with Crippen LogP contribution in [0, 0.1) is 5.92 Å². The van der Waals surface area contributed by atoms with Gasteiger partial charge in [-0.3, -0.25) is 15.2 Å². The smallest absolute Gasteiger partial charge is 0.242 e. The van der Waals surface area contributed by atoms with Crippen molar-refractivity contribution in [2.45, 2.75) is 31.6 Å². The first-order valence-corrected chi connectivity index (χ1v) is 10.0. The lowest BCUT2D eigenvalue weighted by atomic mass is 9.88. The SMILES string of the molecule is CN1CCC2NNC(C(=O)N(Cc3cccnc3)Cc3ccsc3)C2C1. The van der Waals surface area contributed by atoms with E-state index in [0.717, 1.165) is 25.1 Å². The number of aromatic nitrogens is 1. The number of likely N-dealkylation sites (tertiary alicyclic amines) is 1. The second-order valence-electron chi connectivity index (χ2n) is 7.27. The highest BCUT2D eigenvalue weighted by Gasteiger charge is 2.43. The van der Waals surface area contributed by atoms with Gasteiger partial charge in [-0.25, -0.2) is 5.43 Å². The van der Waals surface area contributed by atoms with E-state index in [2.05, 4.69) is 44.6 Å². The lowest BCUT2D eigenvalue weighted by Gasteiger charge is -2.34. The summed E-state index contributed by atoms with van der Waals surface area (Å²) in [5.74, 6) is 0.468. The summed E-state index contributed by atoms with van der Waals surface area (Å²) in [5, 5.41) is 4.17. The Morgan fingerprint density at radius 3 is 3.00 bits per heavy atom. The minimum Gasteiger partial charge on any atom is -0.333 e. The zero-order valence-corrected chi connectivity index (χ0v) is 15.8. The molecule has 0 bridgehead atoms. The summed E-state index contributed by atoms with van der Waals surface area (Å²) < 4.78 is 0. The largest absolute Gasteiger partial charge is 0.333 e. The molecule has 0 spiro atoms. The van der Waals surface area contributed by atoms with Gasteiger partial charge in [0.1, 0.15) is 6.04 Å². The fraction of sp³-hybridized carbons (Fsp3) is 0.474. The summed E-state index contributed by atoms with van der Waals surface area (Å²) in [7, 11) is 2.13. The number of piperidine rings is 1. The average Bonchev–Trinajstić information content (AvgIpc) is 3.31. The van der Waals surface area contributed by atoms with Gasteiger partial charge in [-0.05, 0) is 54.0 Å². The van der Waals surface area contributed by atoms with E-state index in [9.17, 15) is 4.79 Å². The Labute approximate surface area is 158 Å². The fourth-order valence-corrected chi connectivity index (χ4v) is 4.60. The maximum absolute atomic E-state index is 13.4. The van der Waals surface area contributed by atoms with E-state index < -0.39 is 0 Å². The van der Waals surface area contributed by atoms with Crippen LogP contribution in [0.25, 0.3) is 0 Å². The van der Waals surface area contributed by atoms with Crippen LogP contribution in [0.15, 0.2) is 41.4 Å². The van der Waals surface area contributed by atoms with E-state index in [1.54, 1.807) is 17.5 Å². The van der Waals surface area contributed by atoms with E-state index in [1.807, 2.05) is 23.2 Å². The Kier molecular flexibility index (Phi) is 5.31. The maximum Gasteiger partial charge on any atom is 0.242 e. The number of pyridine rings is 1. The van der Waals surface area contributed by atoms with Crippen molar-refractivity contribution in [2.75, 3.05) is 20.1 Å². The molecule has 4 heterocycles. The number of amides is 1. The van der Waals surface area contributed by atoms with Crippen molar-refractivity contribution in [1.29, 1.82) is 0 Å². The molecule has 0 aromatic carbocycles. The average molecular weight is 372 g/mol. The number of hydrogen-bond acceptors (Lipinski definition) is 6. The van der Waals surface area contributed by atoms with Crippen molar-refractivity contribution in [1.82, 2.24) is 25.6 Å². The molecule has 2 aromatic rings. The predicted octanol–water partition coefficient (Wildman–Crippen LogP) is 1.47. The molecule has 6 nitrogen and oxygen atoms in total. The number of carbonyl (C=O) groups is 1. The third-order valence-corrected chi connectivity index (χ3v) is 6.07. The molecule has 3 atom stereocenters. The minimum atomic E-state index is -0.182. The van der Waals surface area contributed by atoms with Crippen molar-refractivity contribution in [3.8, 4) is 0 Å².